The number of esters is 1. The highest BCUT2D eigenvalue weighted by molar-refractivity contribution is 5.90. The maximum absolute atomic E-state index is 12.3. The van der Waals surface area contributed by atoms with Gasteiger partial charge in [-0.1, -0.05) is 0 Å². The summed E-state index contributed by atoms with van der Waals surface area (Å²) in [6.07, 6.45) is -3.72. The molecule has 0 aliphatic heterocycles. The highest BCUT2D eigenvalue weighted by Crippen LogP contribution is 2.30. The van der Waals surface area contributed by atoms with Gasteiger partial charge in [0.2, 0.25) is 0 Å². The van der Waals surface area contributed by atoms with Crippen molar-refractivity contribution in [3.8, 4) is 5.75 Å². The van der Waals surface area contributed by atoms with E-state index in [4.69, 9.17) is 5.73 Å². The van der Waals surface area contributed by atoms with Crippen LogP contribution in [0.25, 0.3) is 0 Å². The molecule has 5 nitrogen and oxygen atoms in total. The summed E-state index contributed by atoms with van der Waals surface area (Å²) in [4.78, 5) is 14.9. The van der Waals surface area contributed by atoms with Gasteiger partial charge >= 0.3 is 12.3 Å². The van der Waals surface area contributed by atoms with Crippen LogP contribution in [0.2, 0.25) is 0 Å². The van der Waals surface area contributed by atoms with E-state index in [1.165, 1.54) is 13.1 Å². The zero-order valence-corrected chi connectivity index (χ0v) is 9.67. The van der Waals surface area contributed by atoms with Crippen LogP contribution in [0.1, 0.15) is 21.6 Å². The molecule has 1 rings (SSSR count). The molecule has 0 saturated heterocycles. The monoisotopic (exact) mass is 264 g/mol. The highest BCUT2D eigenvalue weighted by Gasteiger charge is 2.35. The van der Waals surface area contributed by atoms with Crippen LogP contribution in [0.4, 0.5) is 13.2 Å². The molecule has 1 heterocycles. The first-order valence-electron chi connectivity index (χ1n) is 4.82. The fraction of sp³-hybridized carbons (Fsp3) is 0.400. The van der Waals surface area contributed by atoms with Crippen LogP contribution in [-0.4, -0.2) is 24.4 Å². The van der Waals surface area contributed by atoms with Crippen LogP contribution in [0, 0.1) is 6.92 Å². The predicted octanol–water partition coefficient (Wildman–Crippen LogP) is 1.53. The lowest BCUT2D eigenvalue weighted by Crippen LogP contribution is -2.21. The number of pyridine rings is 1. The number of alkyl halides is 3. The van der Waals surface area contributed by atoms with Crippen LogP contribution < -0.4 is 10.5 Å². The Bertz CT molecular complexity index is 460. The lowest BCUT2D eigenvalue weighted by Gasteiger charge is -2.15. The van der Waals surface area contributed by atoms with E-state index in [1.54, 1.807) is 0 Å². The summed E-state index contributed by atoms with van der Waals surface area (Å²) >= 11 is 0. The Morgan fingerprint density at radius 1 is 1.50 bits per heavy atom. The number of methoxy groups -OCH3 is 1. The van der Waals surface area contributed by atoms with Crippen molar-refractivity contribution in [1.29, 1.82) is 0 Å². The second-order valence-electron chi connectivity index (χ2n) is 3.33. The Hall–Kier alpha value is -1.83. The largest absolute Gasteiger partial charge is 0.573 e. The zero-order chi connectivity index (χ0) is 13.9. The first kappa shape index (κ1) is 14.2. The van der Waals surface area contributed by atoms with Crippen molar-refractivity contribution in [2.24, 2.45) is 5.73 Å². The van der Waals surface area contributed by atoms with Gasteiger partial charge in [0.05, 0.1) is 7.11 Å². The van der Waals surface area contributed by atoms with Crippen LogP contribution in [0.3, 0.4) is 0 Å². The fourth-order valence-corrected chi connectivity index (χ4v) is 1.31. The van der Waals surface area contributed by atoms with Crippen molar-refractivity contribution in [2.45, 2.75) is 19.8 Å². The fourth-order valence-electron chi connectivity index (χ4n) is 1.31. The highest BCUT2D eigenvalue weighted by atomic mass is 19.4. The average Bonchev–Trinajstić information content (AvgIpc) is 2.29. The van der Waals surface area contributed by atoms with E-state index >= 15 is 0 Å². The van der Waals surface area contributed by atoms with Gasteiger partial charge in [-0.05, 0) is 18.1 Å². The van der Waals surface area contributed by atoms with E-state index in [0.717, 1.165) is 7.11 Å². The molecule has 0 unspecified atom stereocenters. The van der Waals surface area contributed by atoms with E-state index in [-0.39, 0.29) is 12.1 Å². The lowest BCUT2D eigenvalue weighted by molar-refractivity contribution is -0.275. The van der Waals surface area contributed by atoms with Gasteiger partial charge in [0.25, 0.3) is 0 Å². The topological polar surface area (TPSA) is 74.4 Å². The summed E-state index contributed by atoms with van der Waals surface area (Å²) in [7, 11) is 1.04. The summed E-state index contributed by atoms with van der Waals surface area (Å²) < 4.78 is 45.0. The summed E-state index contributed by atoms with van der Waals surface area (Å²) in [6.45, 7) is 1.34. The zero-order valence-electron chi connectivity index (χ0n) is 9.67. The third kappa shape index (κ3) is 3.10. The van der Waals surface area contributed by atoms with Crippen LogP contribution in [0.15, 0.2) is 6.20 Å². The van der Waals surface area contributed by atoms with Gasteiger partial charge in [0.1, 0.15) is 0 Å². The quantitative estimate of drug-likeness (QED) is 0.838. The standard InChI is InChI=1S/C10H11F3N2O3/c1-5-6(3-14)4-15-7(9(16)17-2)8(5)18-10(11,12)13/h4H,3,14H2,1-2H3. The maximum Gasteiger partial charge on any atom is 0.573 e. The van der Waals surface area contributed by atoms with E-state index < -0.39 is 23.8 Å². The Labute approximate surface area is 101 Å². The molecule has 0 amide bonds. The second kappa shape index (κ2) is 5.21. The van der Waals surface area contributed by atoms with Gasteiger partial charge < -0.3 is 15.2 Å². The molecule has 0 aliphatic carbocycles. The molecule has 2 N–H and O–H groups in total. The number of rotatable bonds is 3. The number of hydrogen-bond donors (Lipinski definition) is 1. The number of carbonyl (C=O) groups is 1. The SMILES string of the molecule is COC(=O)c1ncc(CN)c(C)c1OC(F)(F)F. The molecule has 0 aliphatic rings. The van der Waals surface area contributed by atoms with Gasteiger partial charge in [-0.3, -0.25) is 0 Å². The Kier molecular flexibility index (Phi) is 4.12. The molecule has 0 fully saturated rings. The lowest BCUT2D eigenvalue weighted by atomic mass is 10.1. The van der Waals surface area contributed by atoms with Crippen LogP contribution in [-0.2, 0) is 11.3 Å². The molecule has 0 spiro atoms. The number of nitrogens with zero attached hydrogens (tertiary/aromatic N) is 1. The van der Waals surface area contributed by atoms with Gasteiger partial charge in [-0.2, -0.15) is 0 Å². The third-order valence-electron chi connectivity index (χ3n) is 2.20. The van der Waals surface area contributed by atoms with E-state index in [1.807, 2.05) is 0 Å². The normalized spacial score (nSPS) is 11.2. The van der Waals surface area contributed by atoms with E-state index in [9.17, 15) is 18.0 Å². The van der Waals surface area contributed by atoms with Gasteiger partial charge in [0, 0.05) is 12.7 Å². The molecule has 0 atom stereocenters. The van der Waals surface area contributed by atoms with Crippen molar-refractivity contribution in [2.75, 3.05) is 7.11 Å². The van der Waals surface area contributed by atoms with Crippen molar-refractivity contribution < 1.29 is 27.4 Å². The number of carbonyl (C=O) groups excluding carboxylic acids is 1. The number of aromatic nitrogens is 1. The second-order valence-corrected chi connectivity index (χ2v) is 3.33. The molecule has 0 aromatic carbocycles. The van der Waals surface area contributed by atoms with E-state index in [0.29, 0.717) is 5.56 Å². The number of halogens is 3. The Morgan fingerprint density at radius 3 is 2.56 bits per heavy atom. The van der Waals surface area contributed by atoms with Crippen LogP contribution >= 0.6 is 0 Å². The summed E-state index contributed by atoms with van der Waals surface area (Å²) in [5, 5.41) is 0. The van der Waals surface area contributed by atoms with Gasteiger partial charge in [-0.15, -0.1) is 13.2 Å². The minimum absolute atomic E-state index is 0.0193. The van der Waals surface area contributed by atoms with Crippen molar-refractivity contribution in [3.63, 3.8) is 0 Å². The molecule has 0 saturated carbocycles. The molecule has 0 radical (unpaired) electrons. The smallest absolute Gasteiger partial charge is 0.464 e. The minimum atomic E-state index is -4.93. The number of hydrogen-bond acceptors (Lipinski definition) is 5. The van der Waals surface area contributed by atoms with Crippen molar-refractivity contribution in [3.05, 3.63) is 23.0 Å². The van der Waals surface area contributed by atoms with Gasteiger partial charge in [0.15, 0.2) is 11.4 Å². The van der Waals surface area contributed by atoms with Crippen molar-refractivity contribution in [1.82, 2.24) is 4.98 Å². The first-order valence-corrected chi connectivity index (χ1v) is 4.82. The molecule has 100 valence electrons. The molecule has 0 bridgehead atoms. The Morgan fingerprint density at radius 2 is 2.11 bits per heavy atom. The maximum atomic E-state index is 12.3. The van der Waals surface area contributed by atoms with Crippen LogP contribution in [0.5, 0.6) is 5.75 Å². The summed E-state index contributed by atoms with van der Waals surface area (Å²) in [5.41, 5.74) is 5.26. The molecular weight excluding hydrogens is 253 g/mol. The predicted molar refractivity (Wildman–Crippen MR) is 54.9 cm³/mol. The molecule has 1 aromatic rings. The van der Waals surface area contributed by atoms with Gasteiger partial charge in [-0.25, -0.2) is 9.78 Å². The molecular formula is C10H11F3N2O3. The molecule has 1 aromatic heterocycles. The van der Waals surface area contributed by atoms with E-state index in [2.05, 4.69) is 14.5 Å². The molecule has 8 heteroatoms. The Balaban J connectivity index is 3.35. The first-order chi connectivity index (χ1) is 8.30. The number of ether oxygens (including phenoxy) is 2. The number of nitrogens with two attached hydrogens (primary N) is 1. The minimum Gasteiger partial charge on any atom is -0.464 e. The summed E-state index contributed by atoms with van der Waals surface area (Å²) in [5.74, 6) is -1.70. The summed E-state index contributed by atoms with van der Waals surface area (Å²) in [6, 6.07) is 0. The third-order valence-corrected chi connectivity index (χ3v) is 2.20. The van der Waals surface area contributed by atoms with Crippen molar-refractivity contribution >= 4 is 5.97 Å². The average molecular weight is 264 g/mol. The molecule has 18 heavy (non-hydrogen) atoms.